The van der Waals surface area contributed by atoms with Crippen LogP contribution in [0.25, 0.3) is 11.0 Å². The number of aromatic nitrogens is 2. The van der Waals surface area contributed by atoms with E-state index < -0.39 is 6.10 Å². The molecule has 0 spiro atoms. The third-order valence-electron chi connectivity index (χ3n) is 4.60. The number of β-amino-alcohol motifs (C(OH)–C–C–N with tert-alkyl or cyclic N) is 1. The molecule has 0 unspecified atom stereocenters. The molecule has 1 aliphatic heterocycles. The van der Waals surface area contributed by atoms with E-state index in [1.54, 1.807) is 9.13 Å². The number of aryl methyl sites for hydroxylation is 1. The fourth-order valence-corrected chi connectivity index (χ4v) is 3.75. The number of aliphatic hydroxyl groups excluding tert-OH is 1. The first-order valence-electron chi connectivity index (χ1n) is 8.73. The molecule has 0 aliphatic carbocycles. The van der Waals surface area contributed by atoms with Crippen LogP contribution in [0.15, 0.2) is 29.1 Å². The molecule has 0 amide bonds. The van der Waals surface area contributed by atoms with Crippen LogP contribution < -0.4 is 5.69 Å². The van der Waals surface area contributed by atoms with Crippen molar-refractivity contribution >= 4 is 11.0 Å². The van der Waals surface area contributed by atoms with Gasteiger partial charge in [-0.25, -0.2) is 4.79 Å². The van der Waals surface area contributed by atoms with E-state index in [1.807, 2.05) is 31.2 Å². The number of imidazole rings is 1. The Morgan fingerprint density at radius 2 is 1.71 bits per heavy atom. The van der Waals surface area contributed by atoms with Gasteiger partial charge in [-0.3, -0.25) is 14.0 Å². The SMILES string of the molecule is CCn1c(=O)n(C[C@@H](O)CN2C[C@@H](C)O[C@@H](C)C2)c2ccccc21. The molecule has 0 bridgehead atoms. The van der Waals surface area contributed by atoms with E-state index in [2.05, 4.69) is 18.7 Å². The Hall–Kier alpha value is -1.63. The predicted octanol–water partition coefficient (Wildman–Crippen LogP) is 1.29. The number of rotatable bonds is 5. The summed E-state index contributed by atoms with van der Waals surface area (Å²) in [5.74, 6) is 0. The zero-order valence-electron chi connectivity index (χ0n) is 14.7. The van der Waals surface area contributed by atoms with Gasteiger partial charge in [0.15, 0.2) is 0 Å². The van der Waals surface area contributed by atoms with Crippen molar-refractivity contribution < 1.29 is 9.84 Å². The van der Waals surface area contributed by atoms with Crippen LogP contribution in [0.5, 0.6) is 0 Å². The van der Waals surface area contributed by atoms with Crippen molar-refractivity contribution in [2.45, 2.75) is 52.2 Å². The Labute approximate surface area is 142 Å². The molecular formula is C18H27N3O3. The van der Waals surface area contributed by atoms with Gasteiger partial charge in [0.05, 0.1) is 35.9 Å². The van der Waals surface area contributed by atoms with Gasteiger partial charge in [-0.1, -0.05) is 12.1 Å². The fourth-order valence-electron chi connectivity index (χ4n) is 3.75. The zero-order valence-corrected chi connectivity index (χ0v) is 14.7. The summed E-state index contributed by atoms with van der Waals surface area (Å²) in [6, 6.07) is 7.75. The first kappa shape index (κ1) is 17.2. The summed E-state index contributed by atoms with van der Waals surface area (Å²) in [5.41, 5.74) is 1.75. The Bertz CT molecular complexity index is 742. The molecule has 24 heavy (non-hydrogen) atoms. The number of fused-ring (bicyclic) bond motifs is 1. The average Bonchev–Trinajstić information content (AvgIpc) is 2.78. The molecule has 2 heterocycles. The van der Waals surface area contributed by atoms with Crippen molar-refractivity contribution in [3.8, 4) is 0 Å². The van der Waals surface area contributed by atoms with Crippen LogP contribution in [-0.4, -0.2) is 57.1 Å². The van der Waals surface area contributed by atoms with Gasteiger partial charge in [-0.2, -0.15) is 0 Å². The third-order valence-corrected chi connectivity index (χ3v) is 4.60. The maximum Gasteiger partial charge on any atom is 0.329 e. The van der Waals surface area contributed by atoms with Crippen LogP contribution in [0.2, 0.25) is 0 Å². The summed E-state index contributed by atoms with van der Waals surface area (Å²) >= 11 is 0. The number of para-hydroxylation sites is 2. The minimum absolute atomic E-state index is 0.0542. The Kier molecular flexibility index (Phi) is 5.08. The summed E-state index contributed by atoms with van der Waals surface area (Å²) in [6.07, 6.45) is -0.243. The first-order chi connectivity index (χ1) is 11.5. The number of hydrogen-bond acceptors (Lipinski definition) is 4. The highest BCUT2D eigenvalue weighted by Crippen LogP contribution is 2.15. The largest absolute Gasteiger partial charge is 0.390 e. The Morgan fingerprint density at radius 1 is 1.12 bits per heavy atom. The van der Waals surface area contributed by atoms with Crippen molar-refractivity contribution in [1.29, 1.82) is 0 Å². The molecular weight excluding hydrogens is 306 g/mol. The van der Waals surface area contributed by atoms with Gasteiger partial charge >= 0.3 is 5.69 Å². The predicted molar refractivity (Wildman–Crippen MR) is 94.3 cm³/mol. The summed E-state index contributed by atoms with van der Waals surface area (Å²) in [6.45, 7) is 9.18. The second kappa shape index (κ2) is 7.09. The van der Waals surface area contributed by atoms with Gasteiger partial charge in [-0.05, 0) is 32.9 Å². The number of morpholine rings is 1. The van der Waals surface area contributed by atoms with Crippen molar-refractivity contribution in [2.24, 2.45) is 0 Å². The lowest BCUT2D eigenvalue weighted by atomic mass is 10.2. The molecule has 1 aliphatic rings. The Morgan fingerprint density at radius 3 is 2.29 bits per heavy atom. The van der Waals surface area contributed by atoms with Gasteiger partial charge in [0.1, 0.15) is 0 Å². The second-order valence-electron chi connectivity index (χ2n) is 6.76. The molecule has 3 atom stereocenters. The molecule has 0 saturated carbocycles. The molecule has 6 heteroatoms. The minimum Gasteiger partial charge on any atom is -0.390 e. The summed E-state index contributed by atoms with van der Waals surface area (Å²) < 4.78 is 9.17. The smallest absolute Gasteiger partial charge is 0.329 e. The topological polar surface area (TPSA) is 59.6 Å². The highest BCUT2D eigenvalue weighted by atomic mass is 16.5. The van der Waals surface area contributed by atoms with E-state index in [-0.39, 0.29) is 17.9 Å². The molecule has 3 rings (SSSR count). The monoisotopic (exact) mass is 333 g/mol. The molecule has 1 fully saturated rings. The number of ether oxygens (including phenoxy) is 1. The van der Waals surface area contributed by atoms with Crippen molar-refractivity contribution in [3.63, 3.8) is 0 Å². The van der Waals surface area contributed by atoms with E-state index in [9.17, 15) is 9.90 Å². The number of benzene rings is 1. The molecule has 6 nitrogen and oxygen atoms in total. The molecule has 132 valence electrons. The normalized spacial score (nSPS) is 23.7. The lowest BCUT2D eigenvalue weighted by Gasteiger charge is -2.36. The van der Waals surface area contributed by atoms with Gasteiger partial charge < -0.3 is 9.84 Å². The fraction of sp³-hybridized carbons (Fsp3) is 0.611. The van der Waals surface area contributed by atoms with Gasteiger partial charge in [0.25, 0.3) is 0 Å². The zero-order chi connectivity index (χ0) is 17.3. The average molecular weight is 333 g/mol. The number of hydrogen-bond donors (Lipinski definition) is 1. The van der Waals surface area contributed by atoms with E-state index in [1.165, 1.54) is 0 Å². The van der Waals surface area contributed by atoms with Crippen LogP contribution in [0.4, 0.5) is 0 Å². The van der Waals surface area contributed by atoms with Crippen LogP contribution >= 0.6 is 0 Å². The van der Waals surface area contributed by atoms with Crippen LogP contribution in [0.3, 0.4) is 0 Å². The maximum absolute atomic E-state index is 12.6. The van der Waals surface area contributed by atoms with Crippen LogP contribution in [-0.2, 0) is 17.8 Å². The van der Waals surface area contributed by atoms with E-state index >= 15 is 0 Å². The van der Waals surface area contributed by atoms with E-state index in [4.69, 9.17) is 4.74 Å². The van der Waals surface area contributed by atoms with Gasteiger partial charge in [0.2, 0.25) is 0 Å². The summed E-state index contributed by atoms with van der Waals surface area (Å²) in [5, 5.41) is 10.5. The van der Waals surface area contributed by atoms with Crippen LogP contribution in [0.1, 0.15) is 20.8 Å². The standard InChI is InChI=1S/C18H27N3O3/c1-4-20-16-7-5-6-8-17(16)21(18(20)23)12-15(22)11-19-9-13(2)24-14(3)10-19/h5-8,13-15,22H,4,9-12H2,1-3H3/t13-,14+,15-/m0/s1. The molecule has 0 radical (unpaired) electrons. The molecule has 1 N–H and O–H groups in total. The molecule has 1 saturated heterocycles. The highest BCUT2D eigenvalue weighted by Gasteiger charge is 2.24. The number of nitrogens with zero attached hydrogens (tertiary/aromatic N) is 3. The third kappa shape index (κ3) is 3.41. The minimum atomic E-state index is -0.587. The van der Waals surface area contributed by atoms with E-state index in [0.29, 0.717) is 19.6 Å². The van der Waals surface area contributed by atoms with Crippen molar-refractivity contribution in [3.05, 3.63) is 34.7 Å². The van der Waals surface area contributed by atoms with Crippen molar-refractivity contribution in [2.75, 3.05) is 19.6 Å². The molecule has 2 aromatic rings. The van der Waals surface area contributed by atoms with Crippen molar-refractivity contribution in [1.82, 2.24) is 14.0 Å². The van der Waals surface area contributed by atoms with E-state index in [0.717, 1.165) is 24.1 Å². The first-order valence-corrected chi connectivity index (χ1v) is 8.73. The second-order valence-corrected chi connectivity index (χ2v) is 6.76. The maximum atomic E-state index is 12.6. The molecule has 1 aromatic heterocycles. The lowest BCUT2D eigenvalue weighted by Crippen LogP contribution is -2.48. The van der Waals surface area contributed by atoms with Gasteiger partial charge in [0, 0.05) is 26.2 Å². The Balaban J connectivity index is 1.77. The summed E-state index contributed by atoms with van der Waals surface area (Å²) in [7, 11) is 0. The highest BCUT2D eigenvalue weighted by molar-refractivity contribution is 5.75. The van der Waals surface area contributed by atoms with Gasteiger partial charge in [-0.15, -0.1) is 0 Å². The number of aliphatic hydroxyl groups is 1. The molecule has 1 aromatic carbocycles. The quantitative estimate of drug-likeness (QED) is 0.896. The summed E-state index contributed by atoms with van der Waals surface area (Å²) in [4.78, 5) is 14.8. The lowest BCUT2D eigenvalue weighted by molar-refractivity contribution is -0.0772. The van der Waals surface area contributed by atoms with Crippen LogP contribution in [0, 0.1) is 0 Å².